The van der Waals surface area contributed by atoms with Crippen molar-refractivity contribution in [2.45, 2.75) is 12.1 Å². The van der Waals surface area contributed by atoms with Crippen molar-refractivity contribution in [3.8, 4) is 5.75 Å². The van der Waals surface area contributed by atoms with Crippen LogP contribution in [0.4, 0.5) is 11.4 Å². The normalized spacial score (nSPS) is 13.5. The molecule has 0 fully saturated rings. The van der Waals surface area contributed by atoms with Gasteiger partial charge in [-0.05, 0) is 23.8 Å². The number of benzene rings is 2. The van der Waals surface area contributed by atoms with Crippen molar-refractivity contribution in [2.75, 3.05) is 6.61 Å². The second kappa shape index (κ2) is 8.14. The second-order valence-electron chi connectivity index (χ2n) is 5.32. The lowest BCUT2D eigenvalue weighted by Crippen LogP contribution is -2.21. The van der Waals surface area contributed by atoms with E-state index in [1.54, 1.807) is 0 Å². The maximum Gasteiger partial charge on any atom is 0.270 e. The molecule has 0 amide bonds. The molecule has 10 nitrogen and oxygen atoms in total. The van der Waals surface area contributed by atoms with Crippen LogP contribution in [0.1, 0.15) is 17.2 Å². The summed E-state index contributed by atoms with van der Waals surface area (Å²) in [5, 5.41) is 50.9. The lowest BCUT2D eigenvalue weighted by atomic mass is 10.0. The predicted octanol–water partition coefficient (Wildman–Crippen LogP) is 1.72. The third kappa shape index (κ3) is 4.37. The molecule has 0 bridgehead atoms. The van der Waals surface area contributed by atoms with E-state index in [9.17, 15) is 35.5 Å². The van der Waals surface area contributed by atoms with Crippen LogP contribution in [0.2, 0.25) is 0 Å². The van der Waals surface area contributed by atoms with Crippen molar-refractivity contribution in [1.82, 2.24) is 0 Å². The van der Waals surface area contributed by atoms with Gasteiger partial charge in [-0.15, -0.1) is 0 Å². The minimum Gasteiger partial charge on any atom is -0.507 e. The minimum atomic E-state index is -1.27. The van der Waals surface area contributed by atoms with Gasteiger partial charge in [0.1, 0.15) is 17.9 Å². The molecule has 2 rings (SSSR count). The smallest absolute Gasteiger partial charge is 0.270 e. The maximum atomic E-state index is 10.8. The maximum absolute atomic E-state index is 10.8. The molecular formula is C16H15N3O7. The van der Waals surface area contributed by atoms with Crippen molar-refractivity contribution < 1.29 is 25.2 Å². The van der Waals surface area contributed by atoms with Gasteiger partial charge < -0.3 is 15.3 Å². The number of aliphatic hydroxyl groups excluding tert-OH is 2. The van der Waals surface area contributed by atoms with Gasteiger partial charge in [0.05, 0.1) is 16.5 Å². The second-order valence-corrected chi connectivity index (χ2v) is 5.32. The van der Waals surface area contributed by atoms with Gasteiger partial charge in [0.2, 0.25) is 0 Å². The number of phenols is 1. The lowest BCUT2D eigenvalue weighted by molar-refractivity contribution is -0.385. The summed E-state index contributed by atoms with van der Waals surface area (Å²) >= 11 is 0. The standard InChI is InChI=1S/C16H15N3O7/c20-9-14(16(22)10-1-3-12(4-2-10)18(23)24)17-8-11-7-13(19(25)26)5-6-15(11)21/h1-8,14,16,20-22H,9H2. The molecule has 136 valence electrons. The first-order chi connectivity index (χ1) is 12.3. The quantitative estimate of drug-likeness (QED) is 0.384. The van der Waals surface area contributed by atoms with E-state index in [1.807, 2.05) is 0 Å². The van der Waals surface area contributed by atoms with Gasteiger partial charge >= 0.3 is 0 Å². The van der Waals surface area contributed by atoms with Gasteiger partial charge in [0.25, 0.3) is 11.4 Å². The van der Waals surface area contributed by atoms with Crippen LogP contribution in [0.15, 0.2) is 47.5 Å². The van der Waals surface area contributed by atoms with E-state index in [2.05, 4.69) is 4.99 Å². The summed E-state index contributed by atoms with van der Waals surface area (Å²) in [6.07, 6.45) is -0.157. The van der Waals surface area contributed by atoms with Gasteiger partial charge in [-0.2, -0.15) is 0 Å². The molecule has 26 heavy (non-hydrogen) atoms. The SMILES string of the molecule is O=[N+]([O-])c1ccc(C(O)C(CO)N=Cc2cc([N+](=O)[O-])ccc2O)cc1. The van der Waals surface area contributed by atoms with Gasteiger partial charge in [0.15, 0.2) is 0 Å². The molecule has 0 aliphatic rings. The van der Waals surface area contributed by atoms with Crippen LogP contribution in [0, 0.1) is 20.2 Å². The minimum absolute atomic E-state index is 0.0496. The summed E-state index contributed by atoms with van der Waals surface area (Å²) in [6.45, 7) is -0.551. The number of phenolic OH excluding ortho intramolecular Hbond substituents is 1. The molecule has 0 aliphatic carbocycles. The molecular weight excluding hydrogens is 346 g/mol. The zero-order chi connectivity index (χ0) is 19.3. The molecule has 2 aromatic carbocycles. The number of aliphatic hydroxyl groups is 2. The number of nitro groups is 2. The number of nitro benzene ring substituents is 2. The predicted molar refractivity (Wildman–Crippen MR) is 91.3 cm³/mol. The Labute approximate surface area is 147 Å². The summed E-state index contributed by atoms with van der Waals surface area (Å²) in [4.78, 5) is 24.2. The first-order valence-corrected chi connectivity index (χ1v) is 7.37. The lowest BCUT2D eigenvalue weighted by Gasteiger charge is -2.17. The van der Waals surface area contributed by atoms with Crippen molar-refractivity contribution in [1.29, 1.82) is 0 Å². The van der Waals surface area contributed by atoms with E-state index >= 15 is 0 Å². The highest BCUT2D eigenvalue weighted by Crippen LogP contribution is 2.24. The van der Waals surface area contributed by atoms with Crippen molar-refractivity contribution in [2.24, 2.45) is 4.99 Å². The summed E-state index contributed by atoms with van der Waals surface area (Å²) < 4.78 is 0. The topological polar surface area (TPSA) is 159 Å². The molecule has 0 saturated heterocycles. The van der Waals surface area contributed by atoms with Crippen LogP contribution in [-0.2, 0) is 0 Å². The molecule has 2 unspecified atom stereocenters. The summed E-state index contributed by atoms with van der Waals surface area (Å²) in [7, 11) is 0. The van der Waals surface area contributed by atoms with E-state index < -0.39 is 28.6 Å². The van der Waals surface area contributed by atoms with Crippen molar-refractivity contribution in [3.63, 3.8) is 0 Å². The molecule has 10 heteroatoms. The van der Waals surface area contributed by atoms with E-state index in [1.165, 1.54) is 24.3 Å². The van der Waals surface area contributed by atoms with Gasteiger partial charge in [-0.3, -0.25) is 25.2 Å². The van der Waals surface area contributed by atoms with Crippen LogP contribution < -0.4 is 0 Å². The molecule has 0 spiro atoms. The Morgan fingerprint density at radius 1 is 1.04 bits per heavy atom. The van der Waals surface area contributed by atoms with Gasteiger partial charge in [-0.1, -0.05) is 0 Å². The number of aliphatic imine (C=N–C) groups is 1. The fourth-order valence-corrected chi connectivity index (χ4v) is 2.18. The number of non-ortho nitro benzene ring substituents is 2. The number of hydrogen-bond acceptors (Lipinski definition) is 8. The van der Waals surface area contributed by atoms with Crippen LogP contribution in [0.25, 0.3) is 0 Å². The largest absolute Gasteiger partial charge is 0.507 e. The third-order valence-corrected chi connectivity index (χ3v) is 3.62. The van der Waals surface area contributed by atoms with Gasteiger partial charge in [-0.25, -0.2) is 0 Å². The number of nitrogens with zero attached hydrogens (tertiary/aromatic N) is 3. The Balaban J connectivity index is 2.22. The van der Waals surface area contributed by atoms with Crippen molar-refractivity contribution >= 4 is 17.6 Å². The van der Waals surface area contributed by atoms with E-state index in [0.717, 1.165) is 24.4 Å². The fourth-order valence-electron chi connectivity index (χ4n) is 2.18. The molecule has 2 aromatic rings. The van der Waals surface area contributed by atoms with Crippen molar-refractivity contribution in [3.05, 3.63) is 73.8 Å². The average Bonchev–Trinajstić information content (AvgIpc) is 2.63. The molecule has 0 saturated carbocycles. The zero-order valence-corrected chi connectivity index (χ0v) is 13.3. The number of hydrogen-bond donors (Lipinski definition) is 3. The van der Waals surface area contributed by atoms with Crippen LogP contribution >= 0.6 is 0 Å². The average molecular weight is 361 g/mol. The highest BCUT2D eigenvalue weighted by Gasteiger charge is 2.20. The molecule has 0 aromatic heterocycles. The molecule has 0 radical (unpaired) electrons. The van der Waals surface area contributed by atoms with Crippen LogP contribution in [-0.4, -0.2) is 44.0 Å². The Morgan fingerprint density at radius 2 is 1.62 bits per heavy atom. The van der Waals surface area contributed by atoms with Crippen LogP contribution in [0.5, 0.6) is 5.75 Å². The van der Waals surface area contributed by atoms with Gasteiger partial charge in [0, 0.05) is 36.0 Å². The third-order valence-electron chi connectivity index (χ3n) is 3.62. The first-order valence-electron chi connectivity index (χ1n) is 7.37. The fraction of sp³-hybridized carbons (Fsp3) is 0.188. The number of rotatable bonds is 7. The van der Waals surface area contributed by atoms with E-state index in [-0.39, 0.29) is 22.7 Å². The molecule has 3 N–H and O–H groups in total. The highest BCUT2D eigenvalue weighted by molar-refractivity contribution is 5.84. The Kier molecular flexibility index (Phi) is 5.94. The molecule has 0 heterocycles. The Hall–Kier alpha value is -3.37. The number of aromatic hydroxyl groups is 1. The zero-order valence-electron chi connectivity index (χ0n) is 13.3. The van der Waals surface area contributed by atoms with Crippen LogP contribution in [0.3, 0.4) is 0 Å². The Bertz CT molecular complexity index is 836. The van der Waals surface area contributed by atoms with E-state index in [0.29, 0.717) is 5.56 Å². The van der Waals surface area contributed by atoms with E-state index in [4.69, 9.17) is 0 Å². The highest BCUT2D eigenvalue weighted by atomic mass is 16.6. The molecule has 0 aliphatic heterocycles. The summed E-state index contributed by atoms with van der Waals surface area (Å²) in [6, 6.07) is 7.44. The summed E-state index contributed by atoms with van der Waals surface area (Å²) in [5.41, 5.74) is -0.0455. The monoisotopic (exact) mass is 361 g/mol. The molecule has 2 atom stereocenters. The first kappa shape index (κ1) is 19.0. The Morgan fingerprint density at radius 3 is 2.15 bits per heavy atom. The summed E-state index contributed by atoms with van der Waals surface area (Å²) in [5.74, 6) is -0.249.